The van der Waals surface area contributed by atoms with Crippen LogP contribution in [-0.4, -0.2) is 24.4 Å². The second-order valence-electron chi connectivity index (χ2n) is 5.34. The molecule has 0 aliphatic carbocycles. The van der Waals surface area contributed by atoms with Crippen LogP contribution in [0.15, 0.2) is 47.8 Å². The highest BCUT2D eigenvalue weighted by molar-refractivity contribution is 7.12. The fourth-order valence-electron chi connectivity index (χ4n) is 2.21. The van der Waals surface area contributed by atoms with Crippen molar-refractivity contribution in [3.8, 4) is 0 Å². The summed E-state index contributed by atoms with van der Waals surface area (Å²) >= 11 is 1.37. The number of nitrogens with one attached hydrogen (secondary N) is 2. The molecule has 0 aliphatic heterocycles. The summed E-state index contributed by atoms with van der Waals surface area (Å²) in [4.78, 5) is 25.3. The Morgan fingerprint density at radius 1 is 1.13 bits per heavy atom. The van der Waals surface area contributed by atoms with Crippen LogP contribution >= 0.6 is 11.3 Å². The molecule has 0 unspecified atom stereocenters. The maximum Gasteiger partial charge on any atom is 0.262 e. The summed E-state index contributed by atoms with van der Waals surface area (Å²) in [5.41, 5.74) is 1.02. The van der Waals surface area contributed by atoms with Crippen LogP contribution in [0.25, 0.3) is 0 Å². The zero-order chi connectivity index (χ0) is 16.5. The minimum Gasteiger partial charge on any atom is -0.354 e. The molecule has 5 heteroatoms. The summed E-state index contributed by atoms with van der Waals surface area (Å²) in [5.74, 6) is -0.334. The predicted molar refractivity (Wildman–Crippen MR) is 93.6 cm³/mol. The van der Waals surface area contributed by atoms with Crippen molar-refractivity contribution in [2.24, 2.45) is 0 Å². The Hall–Kier alpha value is -2.14. The lowest BCUT2D eigenvalue weighted by molar-refractivity contribution is -0.122. The zero-order valence-electron chi connectivity index (χ0n) is 13.2. The summed E-state index contributed by atoms with van der Waals surface area (Å²) in [6.45, 7) is 2.71. The Morgan fingerprint density at radius 3 is 2.57 bits per heavy atom. The van der Waals surface area contributed by atoms with Crippen molar-refractivity contribution < 1.29 is 9.59 Å². The molecule has 0 aliphatic rings. The third kappa shape index (κ3) is 5.53. The van der Waals surface area contributed by atoms with Gasteiger partial charge in [-0.05, 0) is 23.4 Å². The molecule has 122 valence electrons. The van der Waals surface area contributed by atoms with Crippen LogP contribution < -0.4 is 10.6 Å². The largest absolute Gasteiger partial charge is 0.354 e. The molecule has 2 aromatic rings. The van der Waals surface area contributed by atoms with E-state index in [4.69, 9.17) is 0 Å². The SMILES string of the molecule is CCCCNC(=O)[C@H](Cc1ccccc1)NC(=O)c1cccs1. The molecule has 1 atom stereocenters. The normalized spacial score (nSPS) is 11.7. The monoisotopic (exact) mass is 330 g/mol. The van der Waals surface area contributed by atoms with Gasteiger partial charge in [0.15, 0.2) is 0 Å². The number of amides is 2. The Kier molecular flexibility index (Phi) is 6.81. The first-order valence-corrected chi connectivity index (χ1v) is 8.74. The summed E-state index contributed by atoms with van der Waals surface area (Å²) in [5, 5.41) is 7.61. The molecule has 4 nitrogen and oxygen atoms in total. The highest BCUT2D eigenvalue weighted by atomic mass is 32.1. The summed E-state index contributed by atoms with van der Waals surface area (Å²) in [6.07, 6.45) is 2.43. The van der Waals surface area contributed by atoms with Gasteiger partial charge in [-0.2, -0.15) is 0 Å². The quantitative estimate of drug-likeness (QED) is 0.731. The lowest BCUT2D eigenvalue weighted by Crippen LogP contribution is -2.48. The van der Waals surface area contributed by atoms with Crippen LogP contribution in [0.4, 0.5) is 0 Å². The van der Waals surface area contributed by atoms with Crippen molar-refractivity contribution in [3.05, 3.63) is 58.3 Å². The number of hydrogen-bond donors (Lipinski definition) is 2. The highest BCUT2D eigenvalue weighted by Gasteiger charge is 2.21. The van der Waals surface area contributed by atoms with Crippen molar-refractivity contribution in [1.82, 2.24) is 10.6 Å². The van der Waals surface area contributed by atoms with Crippen molar-refractivity contribution >= 4 is 23.2 Å². The van der Waals surface area contributed by atoms with Crippen molar-refractivity contribution in [2.45, 2.75) is 32.2 Å². The lowest BCUT2D eigenvalue weighted by Gasteiger charge is -2.18. The van der Waals surface area contributed by atoms with E-state index in [9.17, 15) is 9.59 Å². The van der Waals surface area contributed by atoms with E-state index in [1.807, 2.05) is 41.8 Å². The van der Waals surface area contributed by atoms with Gasteiger partial charge in [-0.15, -0.1) is 11.3 Å². The minimum atomic E-state index is -0.566. The predicted octanol–water partition coefficient (Wildman–Crippen LogP) is 3.01. The van der Waals surface area contributed by atoms with Gasteiger partial charge in [0.05, 0.1) is 4.88 Å². The molecule has 0 radical (unpaired) electrons. The number of carbonyl (C=O) groups excluding carboxylic acids is 2. The van der Waals surface area contributed by atoms with E-state index in [0.29, 0.717) is 17.8 Å². The Morgan fingerprint density at radius 2 is 1.91 bits per heavy atom. The maximum absolute atomic E-state index is 12.4. The number of unbranched alkanes of at least 4 members (excludes halogenated alkanes) is 1. The molecule has 0 spiro atoms. The van der Waals surface area contributed by atoms with E-state index in [1.54, 1.807) is 6.07 Å². The van der Waals surface area contributed by atoms with Crippen molar-refractivity contribution in [2.75, 3.05) is 6.54 Å². The van der Waals surface area contributed by atoms with E-state index in [0.717, 1.165) is 18.4 Å². The molecule has 1 aromatic carbocycles. The van der Waals surface area contributed by atoms with Gasteiger partial charge in [-0.25, -0.2) is 0 Å². The van der Waals surface area contributed by atoms with Crippen LogP contribution in [-0.2, 0) is 11.2 Å². The molecular formula is C18H22N2O2S. The molecule has 23 heavy (non-hydrogen) atoms. The van der Waals surface area contributed by atoms with Crippen LogP contribution in [0.1, 0.15) is 35.0 Å². The molecule has 0 bridgehead atoms. The van der Waals surface area contributed by atoms with Gasteiger partial charge >= 0.3 is 0 Å². The number of carbonyl (C=O) groups is 2. The number of benzene rings is 1. The average molecular weight is 330 g/mol. The standard InChI is InChI=1S/C18H22N2O2S/c1-2-3-11-19-17(21)15(13-14-8-5-4-6-9-14)20-18(22)16-10-7-12-23-16/h4-10,12,15H,2-3,11,13H2,1H3,(H,19,21)(H,20,22)/t15-/m0/s1. The lowest BCUT2D eigenvalue weighted by atomic mass is 10.0. The van der Waals surface area contributed by atoms with Crippen LogP contribution in [0.2, 0.25) is 0 Å². The van der Waals surface area contributed by atoms with E-state index in [2.05, 4.69) is 17.6 Å². The summed E-state index contributed by atoms with van der Waals surface area (Å²) in [7, 11) is 0. The Labute approximate surface area is 140 Å². The third-order valence-corrected chi connectivity index (χ3v) is 4.35. The fourth-order valence-corrected chi connectivity index (χ4v) is 2.83. The Bertz CT molecular complexity index is 611. The Balaban J connectivity index is 2.04. The first kappa shape index (κ1) is 17.2. The maximum atomic E-state index is 12.4. The average Bonchev–Trinajstić information content (AvgIpc) is 3.10. The first-order chi connectivity index (χ1) is 11.2. The van der Waals surface area contributed by atoms with Crippen LogP contribution in [0, 0.1) is 0 Å². The minimum absolute atomic E-state index is 0.132. The van der Waals surface area contributed by atoms with E-state index >= 15 is 0 Å². The topological polar surface area (TPSA) is 58.2 Å². The molecule has 1 aromatic heterocycles. The van der Waals surface area contributed by atoms with E-state index in [-0.39, 0.29) is 11.8 Å². The smallest absolute Gasteiger partial charge is 0.262 e. The molecule has 1 heterocycles. The molecular weight excluding hydrogens is 308 g/mol. The third-order valence-electron chi connectivity index (χ3n) is 3.48. The molecule has 0 saturated carbocycles. The van der Waals surface area contributed by atoms with E-state index < -0.39 is 6.04 Å². The molecule has 2 amide bonds. The van der Waals surface area contributed by atoms with Crippen molar-refractivity contribution in [1.29, 1.82) is 0 Å². The van der Waals surface area contributed by atoms with Gasteiger partial charge in [0.1, 0.15) is 6.04 Å². The van der Waals surface area contributed by atoms with Gasteiger partial charge < -0.3 is 10.6 Å². The zero-order valence-corrected chi connectivity index (χ0v) is 14.1. The molecule has 0 saturated heterocycles. The molecule has 0 fully saturated rings. The number of hydrogen-bond acceptors (Lipinski definition) is 3. The second-order valence-corrected chi connectivity index (χ2v) is 6.29. The van der Waals surface area contributed by atoms with Gasteiger partial charge in [0, 0.05) is 13.0 Å². The van der Waals surface area contributed by atoms with Crippen LogP contribution in [0.3, 0.4) is 0 Å². The van der Waals surface area contributed by atoms with Gasteiger partial charge in [0.2, 0.25) is 5.91 Å². The molecule has 2 rings (SSSR count). The number of thiophene rings is 1. The van der Waals surface area contributed by atoms with Gasteiger partial charge in [0.25, 0.3) is 5.91 Å². The number of rotatable bonds is 8. The summed E-state index contributed by atoms with van der Waals surface area (Å²) < 4.78 is 0. The second kappa shape index (κ2) is 9.10. The van der Waals surface area contributed by atoms with Crippen molar-refractivity contribution in [3.63, 3.8) is 0 Å². The highest BCUT2D eigenvalue weighted by Crippen LogP contribution is 2.10. The van der Waals surface area contributed by atoms with Gasteiger partial charge in [-0.1, -0.05) is 49.7 Å². The summed E-state index contributed by atoms with van der Waals surface area (Å²) in [6, 6.07) is 12.7. The van der Waals surface area contributed by atoms with E-state index in [1.165, 1.54) is 11.3 Å². The first-order valence-electron chi connectivity index (χ1n) is 7.86. The van der Waals surface area contributed by atoms with Gasteiger partial charge in [-0.3, -0.25) is 9.59 Å². The fraction of sp³-hybridized carbons (Fsp3) is 0.333. The molecule has 2 N–H and O–H groups in total. The van der Waals surface area contributed by atoms with Crippen LogP contribution in [0.5, 0.6) is 0 Å².